The van der Waals surface area contributed by atoms with Gasteiger partial charge in [-0.15, -0.1) is 5.92 Å². The van der Waals surface area contributed by atoms with Crippen molar-refractivity contribution < 1.29 is 0 Å². The molecule has 0 spiro atoms. The molecule has 2 rings (SSSR count). The van der Waals surface area contributed by atoms with Crippen molar-refractivity contribution in [3.8, 4) is 11.8 Å². The molecule has 0 aromatic heterocycles. The van der Waals surface area contributed by atoms with E-state index in [2.05, 4.69) is 60.4 Å². The Morgan fingerprint density at radius 1 is 1.20 bits per heavy atom. The van der Waals surface area contributed by atoms with Gasteiger partial charge in [0.25, 0.3) is 0 Å². The van der Waals surface area contributed by atoms with Crippen molar-refractivity contribution in [3.05, 3.63) is 59.7 Å². The van der Waals surface area contributed by atoms with Gasteiger partial charge in [-0.1, -0.05) is 54.5 Å². The highest BCUT2D eigenvalue weighted by molar-refractivity contribution is 5.42. The lowest BCUT2D eigenvalue weighted by molar-refractivity contribution is 0.849. The van der Waals surface area contributed by atoms with E-state index < -0.39 is 0 Å². The highest BCUT2D eigenvalue weighted by atomic mass is 14.1. The first-order valence-electron chi connectivity index (χ1n) is 5.26. The lowest BCUT2D eigenvalue weighted by Crippen LogP contribution is -1.97. The van der Waals surface area contributed by atoms with Gasteiger partial charge in [0.2, 0.25) is 0 Å². The third-order valence-corrected chi connectivity index (χ3v) is 2.60. The minimum absolute atomic E-state index is 0.522. The predicted octanol–water partition coefficient (Wildman–Crippen LogP) is 3.68. The van der Waals surface area contributed by atoms with Gasteiger partial charge in [-0.05, 0) is 18.9 Å². The topological polar surface area (TPSA) is 0 Å². The second-order valence-electron chi connectivity index (χ2n) is 3.65. The van der Waals surface area contributed by atoms with Crippen molar-refractivity contribution in [1.82, 2.24) is 0 Å². The van der Waals surface area contributed by atoms with Crippen molar-refractivity contribution >= 4 is 0 Å². The molecule has 0 fully saturated rings. The molecule has 1 unspecified atom stereocenters. The summed E-state index contributed by atoms with van der Waals surface area (Å²) in [6, 6.07) is 10.6. The van der Waals surface area contributed by atoms with Crippen LogP contribution >= 0.6 is 0 Å². The number of hydrogen-bond donors (Lipinski definition) is 0. The van der Waals surface area contributed by atoms with E-state index in [1.807, 2.05) is 6.92 Å². The quantitative estimate of drug-likeness (QED) is 0.598. The monoisotopic (exact) mass is 194 g/mol. The molecule has 1 aliphatic rings. The Kier molecular flexibility index (Phi) is 3.05. The number of benzene rings is 1. The second-order valence-corrected chi connectivity index (χ2v) is 3.65. The molecule has 1 atom stereocenters. The molecule has 0 heteroatoms. The molecule has 0 saturated heterocycles. The minimum Gasteiger partial charge on any atom is -0.101 e. The molecule has 0 radical (unpaired) electrons. The first-order valence-corrected chi connectivity index (χ1v) is 5.26. The lowest BCUT2D eigenvalue weighted by Gasteiger charge is -2.14. The summed E-state index contributed by atoms with van der Waals surface area (Å²) in [4.78, 5) is 0. The van der Waals surface area contributed by atoms with E-state index in [9.17, 15) is 0 Å². The van der Waals surface area contributed by atoms with Gasteiger partial charge in [0.15, 0.2) is 0 Å². The summed E-state index contributed by atoms with van der Waals surface area (Å²) >= 11 is 0. The van der Waals surface area contributed by atoms with Gasteiger partial charge < -0.3 is 0 Å². The highest BCUT2D eigenvalue weighted by Gasteiger charge is 2.09. The Morgan fingerprint density at radius 3 is 2.60 bits per heavy atom. The van der Waals surface area contributed by atoms with Crippen LogP contribution in [0.3, 0.4) is 0 Å². The summed E-state index contributed by atoms with van der Waals surface area (Å²) in [6.45, 7) is 1.87. The van der Waals surface area contributed by atoms with Gasteiger partial charge in [-0.25, -0.2) is 0 Å². The van der Waals surface area contributed by atoms with Crippen LogP contribution in [0.1, 0.15) is 24.8 Å². The molecule has 0 bridgehead atoms. The summed E-state index contributed by atoms with van der Waals surface area (Å²) in [5, 5.41) is 0. The Hall–Kier alpha value is -1.74. The van der Waals surface area contributed by atoms with Gasteiger partial charge in [-0.3, -0.25) is 0 Å². The Balaban J connectivity index is 2.12. The van der Waals surface area contributed by atoms with E-state index in [0.717, 1.165) is 12.0 Å². The summed E-state index contributed by atoms with van der Waals surface area (Å²) < 4.78 is 0. The van der Waals surface area contributed by atoms with Crippen LogP contribution in [0.15, 0.2) is 54.1 Å². The van der Waals surface area contributed by atoms with E-state index in [1.54, 1.807) is 0 Å². The molecule has 1 aliphatic carbocycles. The van der Waals surface area contributed by atoms with E-state index in [0.29, 0.717) is 5.92 Å². The zero-order chi connectivity index (χ0) is 10.5. The van der Waals surface area contributed by atoms with Crippen LogP contribution in [0.5, 0.6) is 0 Å². The van der Waals surface area contributed by atoms with Crippen molar-refractivity contribution in [2.24, 2.45) is 0 Å². The third kappa shape index (κ3) is 2.39. The van der Waals surface area contributed by atoms with Crippen LogP contribution in [0.25, 0.3) is 0 Å². The number of rotatable bonds is 1. The number of allylic oxidation sites excluding steroid dienone is 4. The van der Waals surface area contributed by atoms with Crippen molar-refractivity contribution in [1.29, 1.82) is 0 Å². The summed E-state index contributed by atoms with van der Waals surface area (Å²) in [7, 11) is 0. The Bertz CT molecular complexity index is 438. The zero-order valence-corrected chi connectivity index (χ0v) is 8.90. The molecule has 0 N–H and O–H groups in total. The summed E-state index contributed by atoms with van der Waals surface area (Å²) in [5.74, 6) is 6.53. The standard InChI is InChI=1S/C15H14/c1-2-6-13-9-11-15(12-10-13)14-7-4-3-5-8-14/h3-5,7-11,15H,12H2,1H3. The van der Waals surface area contributed by atoms with Gasteiger partial charge in [-0.2, -0.15) is 0 Å². The number of hydrogen-bond acceptors (Lipinski definition) is 0. The fourth-order valence-electron chi connectivity index (χ4n) is 1.80. The zero-order valence-electron chi connectivity index (χ0n) is 8.90. The second kappa shape index (κ2) is 4.66. The average molecular weight is 194 g/mol. The van der Waals surface area contributed by atoms with Crippen LogP contribution in [-0.2, 0) is 0 Å². The molecule has 1 aromatic rings. The van der Waals surface area contributed by atoms with E-state index >= 15 is 0 Å². The van der Waals surface area contributed by atoms with Gasteiger partial charge >= 0.3 is 0 Å². The summed E-state index contributed by atoms with van der Waals surface area (Å²) in [6.07, 6.45) is 7.64. The maximum Gasteiger partial charge on any atom is 0.0202 e. The van der Waals surface area contributed by atoms with E-state index in [-0.39, 0.29) is 0 Å². The minimum atomic E-state index is 0.522. The van der Waals surface area contributed by atoms with Crippen LogP contribution < -0.4 is 0 Å². The maximum atomic E-state index is 3.08. The molecular weight excluding hydrogens is 180 g/mol. The Morgan fingerprint density at radius 2 is 2.00 bits per heavy atom. The molecule has 0 amide bonds. The lowest BCUT2D eigenvalue weighted by atomic mass is 9.90. The Labute approximate surface area is 91.3 Å². The fraction of sp³-hybridized carbons (Fsp3) is 0.200. The maximum absolute atomic E-state index is 3.08. The highest BCUT2D eigenvalue weighted by Crippen LogP contribution is 2.26. The molecular formula is C15H14. The van der Waals surface area contributed by atoms with Crippen LogP contribution in [0, 0.1) is 11.8 Å². The molecule has 74 valence electrons. The predicted molar refractivity (Wildman–Crippen MR) is 64.5 cm³/mol. The first-order chi connectivity index (χ1) is 7.40. The van der Waals surface area contributed by atoms with Gasteiger partial charge in [0, 0.05) is 11.5 Å². The first kappa shape index (κ1) is 9.80. The normalized spacial score (nSPS) is 19.0. The third-order valence-electron chi connectivity index (χ3n) is 2.60. The molecule has 0 aliphatic heterocycles. The molecule has 0 heterocycles. The van der Waals surface area contributed by atoms with Crippen LogP contribution in [0.2, 0.25) is 0 Å². The largest absolute Gasteiger partial charge is 0.101 e. The molecule has 1 aromatic carbocycles. The van der Waals surface area contributed by atoms with E-state index in [1.165, 1.54) is 5.56 Å². The van der Waals surface area contributed by atoms with Crippen LogP contribution in [0.4, 0.5) is 0 Å². The van der Waals surface area contributed by atoms with Crippen molar-refractivity contribution in [3.63, 3.8) is 0 Å². The molecule has 15 heavy (non-hydrogen) atoms. The van der Waals surface area contributed by atoms with Gasteiger partial charge in [0.1, 0.15) is 0 Å². The average Bonchev–Trinajstić information content (AvgIpc) is 2.32. The van der Waals surface area contributed by atoms with Gasteiger partial charge in [0.05, 0.1) is 0 Å². The van der Waals surface area contributed by atoms with E-state index in [4.69, 9.17) is 0 Å². The fourth-order valence-corrected chi connectivity index (χ4v) is 1.80. The SMILES string of the molecule is CC#CC1=CCC(c2ccccc2)C=C1. The molecule has 0 saturated carbocycles. The molecule has 0 nitrogen and oxygen atoms in total. The van der Waals surface area contributed by atoms with Crippen molar-refractivity contribution in [2.45, 2.75) is 19.3 Å². The summed E-state index contributed by atoms with van der Waals surface area (Å²) in [5.41, 5.74) is 2.53. The van der Waals surface area contributed by atoms with Crippen molar-refractivity contribution in [2.75, 3.05) is 0 Å². The smallest absolute Gasteiger partial charge is 0.0202 e. The van der Waals surface area contributed by atoms with Crippen LogP contribution in [-0.4, -0.2) is 0 Å².